The smallest absolute Gasteiger partial charge is 0.227 e. The number of hydrogen-bond donors (Lipinski definition) is 2. The van der Waals surface area contributed by atoms with Crippen LogP contribution in [0, 0.1) is 12.7 Å². The third-order valence-corrected chi connectivity index (χ3v) is 3.62. The van der Waals surface area contributed by atoms with Gasteiger partial charge in [-0.2, -0.15) is 4.98 Å². The topological polar surface area (TPSA) is 88.2 Å². The van der Waals surface area contributed by atoms with Crippen LogP contribution in [0.1, 0.15) is 37.6 Å². The summed E-state index contributed by atoms with van der Waals surface area (Å²) >= 11 is 0. The highest BCUT2D eigenvalue weighted by atomic mass is 19.1. The van der Waals surface area contributed by atoms with E-state index in [1.807, 2.05) is 6.92 Å². The van der Waals surface area contributed by atoms with Gasteiger partial charge in [0.25, 0.3) is 0 Å². The molecule has 2 rings (SSSR count). The summed E-state index contributed by atoms with van der Waals surface area (Å²) in [6.07, 6.45) is 1.46. The molecule has 1 unspecified atom stereocenters. The summed E-state index contributed by atoms with van der Waals surface area (Å²) in [6, 6.07) is 4.72. The van der Waals surface area contributed by atoms with Gasteiger partial charge in [-0.25, -0.2) is 4.39 Å². The lowest BCUT2D eigenvalue weighted by molar-refractivity contribution is -0.121. The summed E-state index contributed by atoms with van der Waals surface area (Å²) in [7, 11) is 0. The van der Waals surface area contributed by atoms with Crippen molar-refractivity contribution < 1.29 is 18.8 Å². The maximum atomic E-state index is 13.6. The molecule has 1 aromatic carbocycles. The third kappa shape index (κ3) is 5.13. The number of carbonyl (C=O) groups is 1. The van der Waals surface area contributed by atoms with Crippen LogP contribution in [0.5, 0.6) is 0 Å². The van der Waals surface area contributed by atoms with Crippen LogP contribution in [0.2, 0.25) is 0 Å². The zero-order valence-electron chi connectivity index (χ0n) is 13.9. The molecule has 2 aromatic rings. The van der Waals surface area contributed by atoms with E-state index in [0.29, 0.717) is 29.3 Å². The number of carbonyl (C=O) groups excluding carboxylic acids is 1. The van der Waals surface area contributed by atoms with Gasteiger partial charge in [-0.3, -0.25) is 4.79 Å². The Morgan fingerprint density at radius 2 is 2.25 bits per heavy atom. The van der Waals surface area contributed by atoms with Gasteiger partial charge in [0.1, 0.15) is 5.82 Å². The molecule has 1 heterocycles. The summed E-state index contributed by atoms with van der Waals surface area (Å²) in [5.74, 6) is 0.0908. The Morgan fingerprint density at radius 3 is 2.96 bits per heavy atom. The fourth-order valence-electron chi connectivity index (χ4n) is 2.18. The quantitative estimate of drug-likeness (QED) is 0.773. The minimum Gasteiger partial charge on any atom is -0.391 e. The molecule has 130 valence electrons. The van der Waals surface area contributed by atoms with Crippen LogP contribution >= 0.6 is 0 Å². The number of aliphatic hydroxyl groups is 1. The van der Waals surface area contributed by atoms with Gasteiger partial charge < -0.3 is 14.9 Å². The van der Waals surface area contributed by atoms with Crippen molar-refractivity contribution in [1.29, 1.82) is 0 Å². The summed E-state index contributed by atoms with van der Waals surface area (Å²) in [4.78, 5) is 15.9. The van der Waals surface area contributed by atoms with E-state index < -0.39 is 6.10 Å². The molecule has 0 fully saturated rings. The van der Waals surface area contributed by atoms with Gasteiger partial charge in [0, 0.05) is 24.9 Å². The Morgan fingerprint density at radius 1 is 1.46 bits per heavy atom. The van der Waals surface area contributed by atoms with Crippen LogP contribution < -0.4 is 5.32 Å². The van der Waals surface area contributed by atoms with Gasteiger partial charge >= 0.3 is 0 Å². The molecule has 0 spiro atoms. The highest BCUT2D eigenvalue weighted by Gasteiger charge is 2.12. The minimum atomic E-state index is -0.523. The molecule has 0 aliphatic carbocycles. The number of halogens is 1. The predicted octanol–water partition coefficient (Wildman–Crippen LogP) is 2.39. The molecule has 0 aliphatic heterocycles. The lowest BCUT2D eigenvalue weighted by Crippen LogP contribution is -2.32. The zero-order valence-corrected chi connectivity index (χ0v) is 13.9. The molecule has 0 aliphatic rings. The second-order valence-corrected chi connectivity index (χ2v) is 5.72. The first-order chi connectivity index (χ1) is 11.5. The number of aryl methyl sites for hydroxylation is 2. The Bertz CT molecular complexity index is 687. The van der Waals surface area contributed by atoms with E-state index in [4.69, 9.17) is 4.52 Å². The highest BCUT2D eigenvalue weighted by Crippen LogP contribution is 2.19. The van der Waals surface area contributed by atoms with E-state index in [-0.39, 0.29) is 31.1 Å². The molecule has 2 N–H and O–H groups in total. The average molecular weight is 335 g/mol. The van der Waals surface area contributed by atoms with Crippen molar-refractivity contribution in [2.75, 3.05) is 6.54 Å². The molecule has 1 aromatic heterocycles. The van der Waals surface area contributed by atoms with Gasteiger partial charge in [-0.1, -0.05) is 30.6 Å². The van der Waals surface area contributed by atoms with E-state index in [0.717, 1.165) is 6.42 Å². The van der Waals surface area contributed by atoms with E-state index in [1.165, 1.54) is 6.07 Å². The first kappa shape index (κ1) is 18.1. The van der Waals surface area contributed by atoms with Crippen LogP contribution in [0.4, 0.5) is 4.39 Å². The van der Waals surface area contributed by atoms with Crippen molar-refractivity contribution in [3.8, 4) is 11.4 Å². The number of nitrogens with zero attached hydrogens (tertiary/aromatic N) is 2. The summed E-state index contributed by atoms with van der Waals surface area (Å²) in [6.45, 7) is 3.89. The fourth-order valence-corrected chi connectivity index (χ4v) is 2.18. The van der Waals surface area contributed by atoms with Crippen molar-refractivity contribution in [3.05, 3.63) is 35.5 Å². The number of aromatic nitrogens is 2. The lowest BCUT2D eigenvalue weighted by atomic mass is 10.1. The molecule has 6 nitrogen and oxygen atoms in total. The second-order valence-electron chi connectivity index (χ2n) is 5.72. The molecule has 1 atom stereocenters. The highest BCUT2D eigenvalue weighted by molar-refractivity contribution is 5.76. The van der Waals surface area contributed by atoms with Gasteiger partial charge in [-0.05, 0) is 25.0 Å². The van der Waals surface area contributed by atoms with Crippen LogP contribution in [-0.2, 0) is 11.2 Å². The summed E-state index contributed by atoms with van der Waals surface area (Å²) in [5, 5.41) is 16.0. The van der Waals surface area contributed by atoms with Gasteiger partial charge in [0.15, 0.2) is 0 Å². The molecule has 0 saturated carbocycles. The largest absolute Gasteiger partial charge is 0.391 e. The minimum absolute atomic E-state index is 0.183. The van der Waals surface area contributed by atoms with E-state index in [2.05, 4.69) is 15.5 Å². The number of rotatable bonds is 8. The predicted molar refractivity (Wildman–Crippen MR) is 86.7 cm³/mol. The van der Waals surface area contributed by atoms with Gasteiger partial charge in [-0.15, -0.1) is 0 Å². The molecular weight excluding hydrogens is 313 g/mol. The molecule has 1 amide bonds. The Hall–Kier alpha value is -2.28. The number of benzene rings is 1. The molecule has 0 saturated heterocycles. The van der Waals surface area contributed by atoms with Crippen molar-refractivity contribution in [2.45, 2.75) is 45.6 Å². The van der Waals surface area contributed by atoms with Crippen LogP contribution in [0.3, 0.4) is 0 Å². The molecular formula is C17H22FN3O3. The zero-order chi connectivity index (χ0) is 17.5. The molecule has 7 heteroatoms. The second kappa shape index (κ2) is 8.54. The van der Waals surface area contributed by atoms with Crippen LogP contribution in [0.25, 0.3) is 11.4 Å². The number of aliphatic hydroxyl groups excluding tert-OH is 1. The molecule has 24 heavy (non-hydrogen) atoms. The van der Waals surface area contributed by atoms with Crippen molar-refractivity contribution in [3.63, 3.8) is 0 Å². The molecule has 0 radical (unpaired) electrons. The van der Waals surface area contributed by atoms with Crippen molar-refractivity contribution in [1.82, 2.24) is 15.5 Å². The summed E-state index contributed by atoms with van der Waals surface area (Å²) in [5.41, 5.74) is 1.07. The average Bonchev–Trinajstić information content (AvgIpc) is 3.03. The van der Waals surface area contributed by atoms with Gasteiger partial charge in [0.2, 0.25) is 17.6 Å². The Kier molecular flexibility index (Phi) is 6.43. The number of amides is 1. The first-order valence-electron chi connectivity index (χ1n) is 8.03. The number of nitrogens with one attached hydrogen (secondary N) is 1. The van der Waals surface area contributed by atoms with Gasteiger partial charge in [0.05, 0.1) is 6.10 Å². The first-order valence-corrected chi connectivity index (χ1v) is 8.03. The Balaban J connectivity index is 1.85. The lowest BCUT2D eigenvalue weighted by Gasteiger charge is -2.09. The SMILES string of the molecule is CCCC(O)CNC(=O)CCc1nc(-c2ccc(C)c(F)c2)no1. The van der Waals surface area contributed by atoms with Crippen molar-refractivity contribution in [2.24, 2.45) is 0 Å². The summed E-state index contributed by atoms with van der Waals surface area (Å²) < 4.78 is 18.7. The Labute approximate surface area is 140 Å². The maximum absolute atomic E-state index is 13.6. The van der Waals surface area contributed by atoms with E-state index in [9.17, 15) is 14.3 Å². The van der Waals surface area contributed by atoms with Crippen LogP contribution in [0.15, 0.2) is 22.7 Å². The monoisotopic (exact) mass is 335 g/mol. The maximum Gasteiger partial charge on any atom is 0.227 e. The normalized spacial score (nSPS) is 12.2. The standard InChI is InChI=1S/C17H22FN3O3/c1-3-4-13(22)10-19-15(23)7-8-16-20-17(21-24-16)12-6-5-11(2)14(18)9-12/h5-6,9,13,22H,3-4,7-8,10H2,1-2H3,(H,19,23). The fraction of sp³-hybridized carbons (Fsp3) is 0.471. The van der Waals surface area contributed by atoms with E-state index >= 15 is 0 Å². The van der Waals surface area contributed by atoms with Crippen molar-refractivity contribution >= 4 is 5.91 Å². The molecule has 0 bridgehead atoms. The number of hydrogen-bond acceptors (Lipinski definition) is 5. The third-order valence-electron chi connectivity index (χ3n) is 3.62. The van der Waals surface area contributed by atoms with Crippen LogP contribution in [-0.4, -0.2) is 33.8 Å². The van der Waals surface area contributed by atoms with E-state index in [1.54, 1.807) is 19.1 Å².